The van der Waals surface area contributed by atoms with Gasteiger partial charge in [-0.15, -0.1) is 0 Å². The van der Waals surface area contributed by atoms with Gasteiger partial charge in [-0.05, 0) is 25.7 Å². The number of hydrogen-bond acceptors (Lipinski definition) is 1. The number of hydrogen-bond donors (Lipinski definition) is 0. The molecule has 0 aliphatic rings. The Bertz CT molecular complexity index is 233. The van der Waals surface area contributed by atoms with E-state index in [0.29, 0.717) is 0 Å². The summed E-state index contributed by atoms with van der Waals surface area (Å²) in [6.45, 7) is 0.734. The minimum absolute atomic E-state index is 0.288. The van der Waals surface area contributed by atoms with Crippen molar-refractivity contribution < 1.29 is 4.39 Å². The van der Waals surface area contributed by atoms with Gasteiger partial charge in [0, 0.05) is 12.6 Å². The van der Waals surface area contributed by atoms with Crippen molar-refractivity contribution in [3.8, 4) is 0 Å². The molecule has 59 valence electrons. The Kier molecular flexibility index (Phi) is 2.60. The van der Waals surface area contributed by atoms with E-state index in [4.69, 9.17) is 0 Å². The molecule has 0 bridgehead atoms. The van der Waals surface area contributed by atoms with Crippen LogP contribution in [0, 0.1) is 11.9 Å². The quantitative estimate of drug-likeness (QED) is 0.623. The molecular formula is C9H11FN. The average molecular weight is 152 g/mol. The van der Waals surface area contributed by atoms with Crippen LogP contribution in [0.1, 0.15) is 5.56 Å². The molecule has 1 nitrogen and oxygen atoms in total. The predicted molar refractivity (Wildman–Crippen MR) is 42.6 cm³/mol. The molecule has 2 heteroatoms. The first-order valence-electron chi connectivity index (χ1n) is 3.50. The molecule has 11 heavy (non-hydrogen) atoms. The second-order valence-electron chi connectivity index (χ2n) is 2.76. The summed E-state index contributed by atoms with van der Waals surface area (Å²) >= 11 is 0. The lowest BCUT2D eigenvalue weighted by atomic mass is 10.2. The van der Waals surface area contributed by atoms with E-state index in [1.54, 1.807) is 6.07 Å². The Morgan fingerprint density at radius 2 is 2.18 bits per heavy atom. The van der Waals surface area contributed by atoms with Crippen molar-refractivity contribution >= 4 is 0 Å². The standard InChI is InChI=1S/C9H11FN/c1-11(2)7-8-4-3-5-9(10)6-8/h3-5H,7H2,1-2H3. The summed E-state index contributed by atoms with van der Waals surface area (Å²) < 4.78 is 12.5. The number of nitrogens with zero attached hydrogens (tertiary/aromatic N) is 1. The highest BCUT2D eigenvalue weighted by molar-refractivity contribution is 5.14. The smallest absolute Gasteiger partial charge is 0.131 e. The molecule has 1 radical (unpaired) electrons. The monoisotopic (exact) mass is 152 g/mol. The van der Waals surface area contributed by atoms with Crippen molar-refractivity contribution in [3.63, 3.8) is 0 Å². The maximum Gasteiger partial charge on any atom is 0.131 e. The summed E-state index contributed by atoms with van der Waals surface area (Å²) in [5.41, 5.74) is 0.884. The number of rotatable bonds is 2. The van der Waals surface area contributed by atoms with Crippen molar-refractivity contribution in [1.82, 2.24) is 4.90 Å². The molecular weight excluding hydrogens is 141 g/mol. The first-order valence-corrected chi connectivity index (χ1v) is 3.50. The highest BCUT2D eigenvalue weighted by Crippen LogP contribution is 2.03. The predicted octanol–water partition coefficient (Wildman–Crippen LogP) is 1.69. The maximum absolute atomic E-state index is 12.5. The summed E-state index contributed by atoms with van der Waals surface area (Å²) in [6, 6.07) is 7.60. The summed E-state index contributed by atoms with van der Waals surface area (Å²) in [5, 5.41) is 0. The fraction of sp³-hybridized carbons (Fsp3) is 0.333. The highest BCUT2D eigenvalue weighted by Gasteiger charge is 1.96. The molecule has 1 rings (SSSR count). The minimum atomic E-state index is -0.288. The van der Waals surface area contributed by atoms with E-state index in [2.05, 4.69) is 6.07 Å². The molecule has 0 saturated heterocycles. The molecule has 0 amide bonds. The van der Waals surface area contributed by atoms with Crippen LogP contribution < -0.4 is 0 Å². The van der Waals surface area contributed by atoms with Crippen LogP contribution >= 0.6 is 0 Å². The third-order valence-electron chi connectivity index (χ3n) is 1.31. The van der Waals surface area contributed by atoms with E-state index in [0.717, 1.165) is 12.1 Å². The highest BCUT2D eigenvalue weighted by atomic mass is 19.1. The van der Waals surface area contributed by atoms with Gasteiger partial charge in [0.15, 0.2) is 0 Å². The van der Waals surface area contributed by atoms with E-state index in [1.807, 2.05) is 25.1 Å². The Morgan fingerprint density at radius 1 is 1.45 bits per heavy atom. The van der Waals surface area contributed by atoms with E-state index < -0.39 is 0 Å². The summed E-state index contributed by atoms with van der Waals surface area (Å²) in [7, 11) is 3.89. The van der Waals surface area contributed by atoms with E-state index in [1.165, 1.54) is 6.07 Å². The molecule has 0 N–H and O–H groups in total. The third-order valence-corrected chi connectivity index (χ3v) is 1.31. The van der Waals surface area contributed by atoms with Crippen molar-refractivity contribution in [2.75, 3.05) is 14.1 Å². The van der Waals surface area contributed by atoms with Crippen molar-refractivity contribution in [3.05, 3.63) is 35.6 Å². The van der Waals surface area contributed by atoms with Gasteiger partial charge < -0.3 is 4.90 Å². The first-order chi connectivity index (χ1) is 5.18. The Morgan fingerprint density at radius 3 is 2.73 bits per heavy atom. The van der Waals surface area contributed by atoms with Gasteiger partial charge in [0.05, 0.1) is 0 Å². The number of halogens is 1. The van der Waals surface area contributed by atoms with Gasteiger partial charge in [-0.1, -0.05) is 12.1 Å². The van der Waals surface area contributed by atoms with Crippen molar-refractivity contribution in [2.45, 2.75) is 6.54 Å². The van der Waals surface area contributed by atoms with Crippen LogP contribution in [-0.2, 0) is 6.54 Å². The summed E-state index contributed by atoms with van der Waals surface area (Å²) in [6.07, 6.45) is 0. The van der Waals surface area contributed by atoms with Gasteiger partial charge in [-0.3, -0.25) is 0 Å². The SMILES string of the molecule is CN(C)Cc1[c]c(F)ccc1. The van der Waals surface area contributed by atoms with Gasteiger partial charge in [-0.25, -0.2) is 4.39 Å². The van der Waals surface area contributed by atoms with Gasteiger partial charge in [0.25, 0.3) is 0 Å². The zero-order valence-electron chi connectivity index (χ0n) is 6.76. The molecule has 0 heterocycles. The van der Waals surface area contributed by atoms with E-state index in [9.17, 15) is 4.39 Å². The van der Waals surface area contributed by atoms with Crippen LogP contribution in [0.5, 0.6) is 0 Å². The molecule has 0 aliphatic heterocycles. The second-order valence-corrected chi connectivity index (χ2v) is 2.76. The van der Waals surface area contributed by atoms with E-state index >= 15 is 0 Å². The fourth-order valence-corrected chi connectivity index (χ4v) is 0.918. The van der Waals surface area contributed by atoms with Crippen LogP contribution in [0.3, 0.4) is 0 Å². The molecule has 0 aromatic heterocycles. The fourth-order valence-electron chi connectivity index (χ4n) is 0.918. The summed E-state index contributed by atoms with van der Waals surface area (Å²) in [5.74, 6) is -0.288. The lowest BCUT2D eigenvalue weighted by Gasteiger charge is -2.08. The Balaban J connectivity index is 2.71. The van der Waals surface area contributed by atoms with Crippen LogP contribution in [0.15, 0.2) is 18.2 Å². The van der Waals surface area contributed by atoms with Gasteiger partial charge in [0.1, 0.15) is 5.82 Å². The van der Waals surface area contributed by atoms with Gasteiger partial charge in [-0.2, -0.15) is 0 Å². The van der Waals surface area contributed by atoms with Crippen LogP contribution in [0.2, 0.25) is 0 Å². The normalized spacial score (nSPS) is 10.5. The summed E-state index contributed by atoms with van der Waals surface area (Å²) in [4.78, 5) is 1.98. The molecule has 0 saturated carbocycles. The first kappa shape index (κ1) is 8.21. The van der Waals surface area contributed by atoms with Crippen LogP contribution in [0.4, 0.5) is 4.39 Å². The second kappa shape index (κ2) is 3.49. The molecule has 0 fully saturated rings. The van der Waals surface area contributed by atoms with Gasteiger partial charge >= 0.3 is 0 Å². The Hall–Kier alpha value is -0.890. The van der Waals surface area contributed by atoms with Crippen molar-refractivity contribution in [2.24, 2.45) is 0 Å². The Labute approximate surface area is 66.5 Å². The molecule has 1 aromatic carbocycles. The van der Waals surface area contributed by atoms with Gasteiger partial charge in [0.2, 0.25) is 0 Å². The lowest BCUT2D eigenvalue weighted by Crippen LogP contribution is -2.10. The molecule has 0 atom stereocenters. The van der Waals surface area contributed by atoms with Crippen LogP contribution in [-0.4, -0.2) is 19.0 Å². The zero-order chi connectivity index (χ0) is 8.27. The maximum atomic E-state index is 12.5. The zero-order valence-corrected chi connectivity index (χ0v) is 6.76. The molecule has 1 aromatic rings. The molecule has 0 spiro atoms. The third kappa shape index (κ3) is 2.68. The largest absolute Gasteiger partial charge is 0.305 e. The lowest BCUT2D eigenvalue weighted by molar-refractivity contribution is 0.401. The topological polar surface area (TPSA) is 3.24 Å². The molecule has 0 aliphatic carbocycles. The molecule has 0 unspecified atom stereocenters. The average Bonchev–Trinajstić information content (AvgIpc) is 1.85. The van der Waals surface area contributed by atoms with Crippen molar-refractivity contribution in [1.29, 1.82) is 0 Å². The minimum Gasteiger partial charge on any atom is -0.305 e. The van der Waals surface area contributed by atoms with E-state index in [-0.39, 0.29) is 5.82 Å². The van der Waals surface area contributed by atoms with Crippen LogP contribution in [0.25, 0.3) is 0 Å². The number of benzene rings is 1.